The predicted octanol–water partition coefficient (Wildman–Crippen LogP) is 0.853. The molecule has 2 nitrogen and oxygen atoms in total. The summed E-state index contributed by atoms with van der Waals surface area (Å²) in [6.07, 6.45) is 4.81. The quantitative estimate of drug-likeness (QED) is 0.600. The van der Waals surface area contributed by atoms with Crippen molar-refractivity contribution in [1.29, 1.82) is 0 Å². The van der Waals surface area contributed by atoms with E-state index in [1.807, 2.05) is 0 Å². The molecular weight excluding hydrogens is 124 g/mol. The van der Waals surface area contributed by atoms with Crippen LogP contribution in [0.3, 0.4) is 0 Å². The lowest BCUT2D eigenvalue weighted by atomic mass is 9.97. The van der Waals surface area contributed by atoms with E-state index in [1.54, 1.807) is 0 Å². The van der Waals surface area contributed by atoms with Crippen molar-refractivity contribution in [1.82, 2.24) is 0 Å². The molecule has 4 N–H and O–H groups in total. The van der Waals surface area contributed by atoms with Gasteiger partial charge in [-0.1, -0.05) is 13.3 Å². The first-order valence-corrected chi connectivity index (χ1v) is 4.19. The van der Waals surface area contributed by atoms with Crippen molar-refractivity contribution in [3.8, 4) is 0 Å². The summed E-state index contributed by atoms with van der Waals surface area (Å²) < 4.78 is 0. The first-order chi connectivity index (χ1) is 4.70. The highest BCUT2D eigenvalue weighted by molar-refractivity contribution is 4.93. The van der Waals surface area contributed by atoms with E-state index >= 15 is 0 Å². The van der Waals surface area contributed by atoms with E-state index in [9.17, 15) is 0 Å². The largest absolute Gasteiger partial charge is 0.329 e. The van der Waals surface area contributed by atoms with E-state index in [0.717, 1.165) is 18.8 Å². The third-order valence-electron chi connectivity index (χ3n) is 2.73. The van der Waals surface area contributed by atoms with E-state index < -0.39 is 0 Å². The maximum Gasteiger partial charge on any atom is 0.0281 e. The van der Waals surface area contributed by atoms with Gasteiger partial charge in [-0.05, 0) is 25.2 Å². The molecule has 10 heavy (non-hydrogen) atoms. The van der Waals surface area contributed by atoms with Gasteiger partial charge in [-0.25, -0.2) is 0 Å². The van der Waals surface area contributed by atoms with Gasteiger partial charge in [0.2, 0.25) is 0 Å². The van der Waals surface area contributed by atoms with Crippen LogP contribution in [0.15, 0.2) is 0 Å². The zero-order chi connectivity index (χ0) is 7.61. The molecule has 0 aromatic heterocycles. The van der Waals surface area contributed by atoms with Crippen LogP contribution in [0.1, 0.15) is 32.6 Å². The molecule has 1 fully saturated rings. The van der Waals surface area contributed by atoms with Gasteiger partial charge in [0.25, 0.3) is 0 Å². The summed E-state index contributed by atoms with van der Waals surface area (Å²) in [5, 5.41) is 0. The topological polar surface area (TPSA) is 52.0 Å². The van der Waals surface area contributed by atoms with Gasteiger partial charge in [-0.15, -0.1) is 0 Å². The molecule has 0 bridgehead atoms. The zero-order valence-corrected chi connectivity index (χ0v) is 6.77. The summed E-state index contributed by atoms with van der Waals surface area (Å²) in [4.78, 5) is 0. The molecule has 1 aliphatic carbocycles. The summed E-state index contributed by atoms with van der Waals surface area (Å²) >= 11 is 0. The summed E-state index contributed by atoms with van der Waals surface area (Å²) in [7, 11) is 0. The fraction of sp³-hybridized carbons (Fsp3) is 1.00. The second-order valence-corrected chi connectivity index (χ2v) is 3.58. The molecule has 0 aliphatic heterocycles. The van der Waals surface area contributed by atoms with Crippen molar-refractivity contribution in [3.63, 3.8) is 0 Å². The zero-order valence-electron chi connectivity index (χ0n) is 6.77. The molecule has 0 aromatic rings. The Balaban J connectivity index is 2.41. The van der Waals surface area contributed by atoms with Crippen LogP contribution in [0.4, 0.5) is 0 Å². The van der Waals surface area contributed by atoms with E-state index in [0.29, 0.717) is 6.54 Å². The second-order valence-electron chi connectivity index (χ2n) is 3.58. The smallest absolute Gasteiger partial charge is 0.0281 e. The molecule has 0 amide bonds. The average Bonchev–Trinajstić information content (AvgIpc) is 2.33. The van der Waals surface area contributed by atoms with Gasteiger partial charge in [-0.2, -0.15) is 0 Å². The van der Waals surface area contributed by atoms with Crippen molar-refractivity contribution < 1.29 is 0 Å². The second kappa shape index (κ2) is 2.89. The molecule has 60 valence electrons. The molecule has 1 rings (SSSR count). The molecule has 0 radical (unpaired) electrons. The summed E-state index contributed by atoms with van der Waals surface area (Å²) in [5.74, 6) is 0.841. The van der Waals surface area contributed by atoms with Crippen LogP contribution in [0.25, 0.3) is 0 Å². The minimum absolute atomic E-state index is 0.0132. The van der Waals surface area contributed by atoms with Crippen LogP contribution in [0.2, 0.25) is 0 Å². The van der Waals surface area contributed by atoms with Gasteiger partial charge in [0.05, 0.1) is 0 Å². The normalized spacial score (nSPS) is 40.5. The molecule has 0 aromatic carbocycles. The highest BCUT2D eigenvalue weighted by Gasteiger charge is 2.33. The first-order valence-electron chi connectivity index (χ1n) is 4.19. The molecular formula is C8H18N2. The Labute approximate surface area is 63.0 Å². The lowest BCUT2D eigenvalue weighted by Crippen LogP contribution is -2.44. The van der Waals surface area contributed by atoms with Crippen molar-refractivity contribution in [2.75, 3.05) is 6.54 Å². The van der Waals surface area contributed by atoms with E-state index in [2.05, 4.69) is 6.92 Å². The fourth-order valence-electron chi connectivity index (χ4n) is 1.80. The third kappa shape index (κ3) is 1.50. The molecule has 0 spiro atoms. The first kappa shape index (κ1) is 8.02. The van der Waals surface area contributed by atoms with Crippen LogP contribution < -0.4 is 11.5 Å². The van der Waals surface area contributed by atoms with Crippen molar-refractivity contribution >= 4 is 0 Å². The molecule has 2 unspecified atom stereocenters. The van der Waals surface area contributed by atoms with Gasteiger partial charge >= 0.3 is 0 Å². The SMILES string of the molecule is CCC1CCC(N)(CN)C1. The van der Waals surface area contributed by atoms with E-state index in [-0.39, 0.29) is 5.54 Å². The molecule has 2 atom stereocenters. The van der Waals surface area contributed by atoms with Crippen molar-refractivity contribution in [3.05, 3.63) is 0 Å². The average molecular weight is 142 g/mol. The van der Waals surface area contributed by atoms with Gasteiger partial charge in [-0.3, -0.25) is 0 Å². The van der Waals surface area contributed by atoms with E-state index in [4.69, 9.17) is 11.5 Å². The number of nitrogens with two attached hydrogens (primary N) is 2. The van der Waals surface area contributed by atoms with Gasteiger partial charge in [0.1, 0.15) is 0 Å². The van der Waals surface area contributed by atoms with Crippen molar-refractivity contribution in [2.24, 2.45) is 17.4 Å². The maximum absolute atomic E-state index is 6.00. The third-order valence-corrected chi connectivity index (χ3v) is 2.73. The Morgan fingerprint density at radius 3 is 2.60 bits per heavy atom. The Kier molecular flexibility index (Phi) is 2.32. The highest BCUT2D eigenvalue weighted by Crippen LogP contribution is 2.33. The monoisotopic (exact) mass is 142 g/mol. The molecule has 1 saturated carbocycles. The predicted molar refractivity (Wildman–Crippen MR) is 43.6 cm³/mol. The summed E-state index contributed by atoms with van der Waals surface area (Å²) in [6.45, 7) is 2.89. The van der Waals surface area contributed by atoms with E-state index in [1.165, 1.54) is 12.8 Å². The Morgan fingerprint density at radius 2 is 2.30 bits per heavy atom. The van der Waals surface area contributed by atoms with Crippen LogP contribution in [-0.4, -0.2) is 12.1 Å². The minimum Gasteiger partial charge on any atom is -0.329 e. The lowest BCUT2D eigenvalue weighted by molar-refractivity contribution is 0.418. The van der Waals surface area contributed by atoms with Crippen LogP contribution in [0, 0.1) is 5.92 Å². The highest BCUT2D eigenvalue weighted by atomic mass is 14.8. The Hall–Kier alpha value is -0.0800. The van der Waals surface area contributed by atoms with Gasteiger partial charge in [0, 0.05) is 12.1 Å². The summed E-state index contributed by atoms with van der Waals surface area (Å²) in [5.41, 5.74) is 11.5. The minimum atomic E-state index is -0.0132. The van der Waals surface area contributed by atoms with Crippen molar-refractivity contribution in [2.45, 2.75) is 38.1 Å². The van der Waals surface area contributed by atoms with Crippen LogP contribution in [0.5, 0.6) is 0 Å². The van der Waals surface area contributed by atoms with Crippen LogP contribution in [-0.2, 0) is 0 Å². The number of hydrogen-bond donors (Lipinski definition) is 2. The van der Waals surface area contributed by atoms with Gasteiger partial charge < -0.3 is 11.5 Å². The molecule has 2 heteroatoms. The summed E-state index contributed by atoms with van der Waals surface area (Å²) in [6, 6.07) is 0. The maximum atomic E-state index is 6.00. The fourth-order valence-corrected chi connectivity index (χ4v) is 1.80. The Bertz CT molecular complexity index is 114. The van der Waals surface area contributed by atoms with Crippen LogP contribution >= 0.6 is 0 Å². The standard InChI is InChI=1S/C8H18N2/c1-2-7-3-4-8(10,5-7)6-9/h7H,2-6,9-10H2,1H3. The Morgan fingerprint density at radius 1 is 1.60 bits per heavy atom. The molecule has 0 saturated heterocycles. The molecule has 1 aliphatic rings. The van der Waals surface area contributed by atoms with Gasteiger partial charge in [0.15, 0.2) is 0 Å². The lowest BCUT2D eigenvalue weighted by Gasteiger charge is -2.21. The number of rotatable bonds is 2. The molecule has 0 heterocycles. The number of hydrogen-bond acceptors (Lipinski definition) is 2.